The molecule has 3 N–H and O–H groups in total. The maximum Gasteiger partial charge on any atom is 0.306 e. The van der Waals surface area contributed by atoms with Crippen LogP contribution in [0.25, 0.3) is 0 Å². The number of hydrogen-bond donors (Lipinski definition) is 3. The molecule has 0 saturated carbocycles. The van der Waals surface area contributed by atoms with Gasteiger partial charge in [0.2, 0.25) is 5.91 Å². The van der Waals surface area contributed by atoms with Gasteiger partial charge in [0.25, 0.3) is 11.8 Å². The van der Waals surface area contributed by atoms with Gasteiger partial charge in [0.15, 0.2) is 6.61 Å². The van der Waals surface area contributed by atoms with E-state index in [0.717, 1.165) is 0 Å². The number of benzene rings is 2. The molecule has 0 aliphatic heterocycles. The molecule has 3 amide bonds. The Morgan fingerprint density at radius 3 is 2.31 bits per heavy atom. The van der Waals surface area contributed by atoms with Crippen LogP contribution >= 0.6 is 23.2 Å². The van der Waals surface area contributed by atoms with Crippen LogP contribution in [0.4, 0.5) is 5.69 Å². The number of carbonyl (C=O) groups is 4. The van der Waals surface area contributed by atoms with Gasteiger partial charge in [0, 0.05) is 17.0 Å². The minimum Gasteiger partial charge on any atom is -0.455 e. The van der Waals surface area contributed by atoms with Gasteiger partial charge in [0.1, 0.15) is 0 Å². The number of ether oxygens (including phenoxy) is 1. The van der Waals surface area contributed by atoms with Crippen molar-refractivity contribution in [1.29, 1.82) is 0 Å². The van der Waals surface area contributed by atoms with E-state index in [-0.39, 0.29) is 12.8 Å². The van der Waals surface area contributed by atoms with Crippen molar-refractivity contribution in [2.24, 2.45) is 0 Å². The minimum absolute atomic E-state index is 0.173. The van der Waals surface area contributed by atoms with Crippen LogP contribution in [0, 0.1) is 0 Å². The molecule has 0 aliphatic rings. The molecule has 0 fully saturated rings. The largest absolute Gasteiger partial charge is 0.455 e. The summed E-state index contributed by atoms with van der Waals surface area (Å²) in [6, 6.07) is 12.8. The Hall–Kier alpha value is -3.10. The summed E-state index contributed by atoms with van der Waals surface area (Å²) in [6.07, 6.45) is -0.415. The number of anilines is 1. The number of hydrazine groups is 1. The minimum atomic E-state index is -0.748. The molecule has 0 unspecified atom stereocenters. The quantitative estimate of drug-likeness (QED) is 0.455. The highest BCUT2D eigenvalue weighted by Gasteiger charge is 2.13. The number of amides is 3. The molecule has 0 radical (unpaired) electrons. The Balaban J connectivity index is 1.66. The Bertz CT molecular complexity index is 906. The summed E-state index contributed by atoms with van der Waals surface area (Å²) < 4.78 is 4.76. The predicted octanol–water partition coefficient (Wildman–Crippen LogP) is 2.72. The first-order valence-corrected chi connectivity index (χ1v) is 9.15. The summed E-state index contributed by atoms with van der Waals surface area (Å²) in [5, 5.41) is 3.23. The fourth-order valence-corrected chi connectivity index (χ4v) is 2.40. The lowest BCUT2D eigenvalue weighted by molar-refractivity contribution is -0.149. The van der Waals surface area contributed by atoms with E-state index in [1.54, 1.807) is 36.4 Å². The van der Waals surface area contributed by atoms with Crippen molar-refractivity contribution in [1.82, 2.24) is 10.9 Å². The average molecular weight is 438 g/mol. The second kappa shape index (κ2) is 11.0. The van der Waals surface area contributed by atoms with Gasteiger partial charge < -0.3 is 10.1 Å². The molecule has 2 aromatic carbocycles. The van der Waals surface area contributed by atoms with E-state index < -0.39 is 30.3 Å². The number of rotatable bonds is 7. The van der Waals surface area contributed by atoms with Gasteiger partial charge in [-0.25, -0.2) is 0 Å². The van der Waals surface area contributed by atoms with Crippen LogP contribution in [0.3, 0.4) is 0 Å². The van der Waals surface area contributed by atoms with Crippen LogP contribution < -0.4 is 16.2 Å². The molecule has 0 aromatic heterocycles. The average Bonchev–Trinajstić information content (AvgIpc) is 2.72. The number of esters is 1. The lowest BCUT2D eigenvalue weighted by Crippen LogP contribution is -2.43. The van der Waals surface area contributed by atoms with E-state index in [1.807, 2.05) is 0 Å². The molecule has 0 bridgehead atoms. The lowest BCUT2D eigenvalue weighted by Gasteiger charge is -2.09. The zero-order chi connectivity index (χ0) is 21.2. The molecule has 152 valence electrons. The molecular formula is C19H17Cl2N3O5. The molecule has 0 heterocycles. The lowest BCUT2D eigenvalue weighted by atomic mass is 10.2. The first-order valence-electron chi connectivity index (χ1n) is 8.40. The molecule has 0 atom stereocenters. The third-order valence-corrected chi connectivity index (χ3v) is 4.04. The summed E-state index contributed by atoms with van der Waals surface area (Å²) >= 11 is 11.8. The van der Waals surface area contributed by atoms with E-state index in [1.165, 1.54) is 12.1 Å². The van der Waals surface area contributed by atoms with Crippen molar-refractivity contribution in [3.8, 4) is 0 Å². The van der Waals surface area contributed by atoms with E-state index in [9.17, 15) is 19.2 Å². The van der Waals surface area contributed by atoms with E-state index in [2.05, 4.69) is 16.2 Å². The van der Waals surface area contributed by atoms with Crippen molar-refractivity contribution >= 4 is 52.6 Å². The Labute approximate surface area is 176 Å². The highest BCUT2D eigenvalue weighted by Crippen LogP contribution is 2.25. The van der Waals surface area contributed by atoms with E-state index in [0.29, 0.717) is 21.3 Å². The van der Waals surface area contributed by atoms with Crippen molar-refractivity contribution in [3.63, 3.8) is 0 Å². The second-order valence-electron chi connectivity index (χ2n) is 5.70. The van der Waals surface area contributed by atoms with Crippen LogP contribution in [0.5, 0.6) is 0 Å². The van der Waals surface area contributed by atoms with Crippen molar-refractivity contribution < 1.29 is 23.9 Å². The summed E-state index contributed by atoms with van der Waals surface area (Å²) in [5.74, 6) is -2.45. The summed E-state index contributed by atoms with van der Waals surface area (Å²) in [6.45, 7) is -0.602. The molecule has 8 nitrogen and oxygen atoms in total. The topological polar surface area (TPSA) is 114 Å². The SMILES string of the molecule is O=C(COC(=O)CCC(=O)Nc1cc(Cl)ccc1Cl)NNC(=O)c1ccccc1. The number of nitrogens with one attached hydrogen (secondary N) is 3. The molecule has 29 heavy (non-hydrogen) atoms. The third kappa shape index (κ3) is 7.81. The highest BCUT2D eigenvalue weighted by atomic mass is 35.5. The van der Waals surface area contributed by atoms with Gasteiger partial charge in [-0.1, -0.05) is 41.4 Å². The molecule has 0 aliphatic carbocycles. The number of carbonyl (C=O) groups excluding carboxylic acids is 4. The van der Waals surface area contributed by atoms with Crippen LogP contribution in [-0.4, -0.2) is 30.3 Å². The molecule has 2 aromatic rings. The maximum atomic E-state index is 11.9. The van der Waals surface area contributed by atoms with Crippen LogP contribution in [-0.2, 0) is 19.1 Å². The van der Waals surface area contributed by atoms with Crippen LogP contribution in [0.2, 0.25) is 10.0 Å². The molecule has 2 rings (SSSR count). The van der Waals surface area contributed by atoms with E-state index in [4.69, 9.17) is 27.9 Å². The first kappa shape index (κ1) is 22.2. The summed E-state index contributed by atoms with van der Waals surface area (Å²) in [5.41, 5.74) is 5.00. The standard InChI is InChI=1S/C19H17Cl2N3O5/c20-13-6-7-14(21)15(10-13)22-16(25)8-9-18(27)29-11-17(26)23-24-19(28)12-4-2-1-3-5-12/h1-7,10H,8-9,11H2,(H,22,25)(H,23,26)(H,24,28). The molecule has 0 spiro atoms. The van der Waals surface area contributed by atoms with E-state index >= 15 is 0 Å². The van der Waals surface area contributed by atoms with Crippen molar-refractivity contribution in [2.75, 3.05) is 11.9 Å². The maximum absolute atomic E-state index is 11.9. The normalized spacial score (nSPS) is 10.0. The highest BCUT2D eigenvalue weighted by molar-refractivity contribution is 6.35. The van der Waals surface area contributed by atoms with Crippen LogP contribution in [0.15, 0.2) is 48.5 Å². The molecular weight excluding hydrogens is 421 g/mol. The van der Waals surface area contributed by atoms with Crippen molar-refractivity contribution in [3.05, 3.63) is 64.1 Å². The monoisotopic (exact) mass is 437 g/mol. The Morgan fingerprint density at radius 1 is 0.862 bits per heavy atom. The van der Waals surface area contributed by atoms with Crippen LogP contribution in [0.1, 0.15) is 23.2 Å². The van der Waals surface area contributed by atoms with Gasteiger partial charge in [0.05, 0.1) is 17.1 Å². The van der Waals surface area contributed by atoms with Gasteiger partial charge in [-0.05, 0) is 30.3 Å². The zero-order valence-corrected chi connectivity index (χ0v) is 16.5. The number of halogens is 2. The number of hydrogen-bond acceptors (Lipinski definition) is 5. The fraction of sp³-hybridized carbons (Fsp3) is 0.158. The second-order valence-corrected chi connectivity index (χ2v) is 6.54. The summed E-state index contributed by atoms with van der Waals surface area (Å²) in [4.78, 5) is 46.9. The van der Waals surface area contributed by atoms with Crippen molar-refractivity contribution in [2.45, 2.75) is 12.8 Å². The van der Waals surface area contributed by atoms with Gasteiger partial charge in [-0.2, -0.15) is 0 Å². The van der Waals surface area contributed by atoms with Gasteiger partial charge in [-0.15, -0.1) is 0 Å². The fourth-order valence-electron chi connectivity index (χ4n) is 2.06. The Kier molecular flexibility index (Phi) is 8.45. The van der Waals surface area contributed by atoms with Gasteiger partial charge >= 0.3 is 5.97 Å². The summed E-state index contributed by atoms with van der Waals surface area (Å²) in [7, 11) is 0. The molecule has 0 saturated heterocycles. The molecule has 10 heteroatoms. The zero-order valence-electron chi connectivity index (χ0n) is 15.0. The third-order valence-electron chi connectivity index (χ3n) is 3.47. The van der Waals surface area contributed by atoms with Gasteiger partial charge in [-0.3, -0.25) is 30.0 Å². The smallest absolute Gasteiger partial charge is 0.306 e. The first-order chi connectivity index (χ1) is 13.8. The Morgan fingerprint density at radius 2 is 1.59 bits per heavy atom. The predicted molar refractivity (Wildman–Crippen MR) is 107 cm³/mol.